The highest BCUT2D eigenvalue weighted by atomic mass is 16.4. The van der Waals surface area contributed by atoms with Gasteiger partial charge in [-0.15, -0.1) is 0 Å². The number of phenols is 5. The van der Waals surface area contributed by atoms with Gasteiger partial charge in [0.25, 0.3) is 0 Å². The molecule has 0 amide bonds. The Hall–Kier alpha value is -2.76. The first-order valence-corrected chi connectivity index (χ1v) is 5.01. The molecule has 3 aromatic rings. The smallest absolute Gasteiger partial charge is 0.205 e. The maximum atomic E-state index is 9.74. The van der Waals surface area contributed by atoms with E-state index in [0.29, 0.717) is 0 Å². The second-order valence-corrected chi connectivity index (χ2v) is 3.91. The standard InChI is InChI=1S/C12H8O6/c13-4-1-6(14)9-5-3-7(15)10(16)11(17)12(5)18-8(9)2-4/h1-3,13-17H. The van der Waals surface area contributed by atoms with Crippen molar-refractivity contribution in [2.24, 2.45) is 0 Å². The van der Waals surface area contributed by atoms with Crippen LogP contribution in [0.2, 0.25) is 0 Å². The Morgan fingerprint density at radius 1 is 0.778 bits per heavy atom. The van der Waals surface area contributed by atoms with E-state index in [-0.39, 0.29) is 33.4 Å². The zero-order valence-corrected chi connectivity index (χ0v) is 8.88. The molecular formula is C12H8O6. The zero-order chi connectivity index (χ0) is 13.0. The molecule has 92 valence electrons. The maximum Gasteiger partial charge on any atom is 0.205 e. The predicted molar refractivity (Wildman–Crippen MR) is 62.0 cm³/mol. The molecule has 0 spiro atoms. The van der Waals surface area contributed by atoms with Gasteiger partial charge in [0.05, 0.1) is 5.39 Å². The van der Waals surface area contributed by atoms with Gasteiger partial charge in [-0.25, -0.2) is 0 Å². The Labute approximate surface area is 99.6 Å². The van der Waals surface area contributed by atoms with Crippen molar-refractivity contribution in [2.45, 2.75) is 0 Å². The summed E-state index contributed by atoms with van der Waals surface area (Å²) in [4.78, 5) is 0. The van der Waals surface area contributed by atoms with Gasteiger partial charge in [0.2, 0.25) is 11.5 Å². The van der Waals surface area contributed by atoms with E-state index in [1.54, 1.807) is 0 Å². The highest BCUT2D eigenvalue weighted by molar-refractivity contribution is 6.11. The van der Waals surface area contributed by atoms with Crippen LogP contribution in [0.25, 0.3) is 21.9 Å². The van der Waals surface area contributed by atoms with Crippen LogP contribution >= 0.6 is 0 Å². The molecule has 18 heavy (non-hydrogen) atoms. The van der Waals surface area contributed by atoms with Crippen molar-refractivity contribution >= 4 is 21.9 Å². The molecule has 0 aliphatic carbocycles. The summed E-state index contributed by atoms with van der Waals surface area (Å²) in [6, 6.07) is 3.52. The Balaban J connectivity index is 2.60. The van der Waals surface area contributed by atoms with E-state index in [2.05, 4.69) is 0 Å². The van der Waals surface area contributed by atoms with E-state index in [4.69, 9.17) is 4.42 Å². The minimum atomic E-state index is -0.703. The van der Waals surface area contributed by atoms with Gasteiger partial charge in [0.1, 0.15) is 17.1 Å². The Morgan fingerprint density at radius 3 is 2.22 bits per heavy atom. The third kappa shape index (κ3) is 1.17. The second kappa shape index (κ2) is 3.13. The summed E-state index contributed by atoms with van der Waals surface area (Å²) >= 11 is 0. The van der Waals surface area contributed by atoms with E-state index in [1.165, 1.54) is 6.07 Å². The molecule has 0 saturated carbocycles. The minimum absolute atomic E-state index is 0.0822. The second-order valence-electron chi connectivity index (χ2n) is 3.91. The summed E-state index contributed by atoms with van der Waals surface area (Å²) in [5, 5.41) is 48.0. The molecule has 0 unspecified atom stereocenters. The van der Waals surface area contributed by atoms with Gasteiger partial charge in [-0.2, -0.15) is 0 Å². The number of hydrogen-bond donors (Lipinski definition) is 5. The molecule has 1 heterocycles. The number of aromatic hydroxyl groups is 5. The molecule has 0 fully saturated rings. The fourth-order valence-corrected chi connectivity index (χ4v) is 1.96. The molecule has 0 bridgehead atoms. The summed E-state index contributed by atoms with van der Waals surface area (Å²) in [6.07, 6.45) is 0. The van der Waals surface area contributed by atoms with Crippen LogP contribution in [0.15, 0.2) is 22.6 Å². The molecule has 0 aliphatic rings. The van der Waals surface area contributed by atoms with E-state index in [9.17, 15) is 25.5 Å². The first-order valence-electron chi connectivity index (χ1n) is 5.01. The third-order valence-corrected chi connectivity index (χ3v) is 2.76. The molecule has 3 rings (SSSR count). The molecule has 0 atom stereocenters. The molecule has 1 aromatic heterocycles. The van der Waals surface area contributed by atoms with Crippen molar-refractivity contribution < 1.29 is 29.9 Å². The van der Waals surface area contributed by atoms with Crippen molar-refractivity contribution in [3.63, 3.8) is 0 Å². The first kappa shape index (κ1) is 10.4. The SMILES string of the molecule is Oc1cc(O)c2c(c1)oc1c(O)c(O)c(O)cc12. The highest BCUT2D eigenvalue weighted by Crippen LogP contribution is 2.47. The van der Waals surface area contributed by atoms with Gasteiger partial charge in [0.15, 0.2) is 11.3 Å². The Morgan fingerprint density at radius 2 is 1.50 bits per heavy atom. The monoisotopic (exact) mass is 248 g/mol. The molecular weight excluding hydrogens is 240 g/mol. The fourth-order valence-electron chi connectivity index (χ4n) is 1.96. The average Bonchev–Trinajstić information content (AvgIpc) is 2.64. The maximum absolute atomic E-state index is 9.74. The minimum Gasteiger partial charge on any atom is -0.508 e. The first-order chi connectivity index (χ1) is 8.49. The molecule has 6 heteroatoms. The highest BCUT2D eigenvalue weighted by Gasteiger charge is 2.20. The van der Waals surface area contributed by atoms with Crippen molar-refractivity contribution in [1.29, 1.82) is 0 Å². The van der Waals surface area contributed by atoms with Crippen LogP contribution < -0.4 is 0 Å². The summed E-state index contributed by atoms with van der Waals surface area (Å²) in [5.74, 6) is -2.32. The van der Waals surface area contributed by atoms with Crippen LogP contribution in [0.3, 0.4) is 0 Å². The van der Waals surface area contributed by atoms with Crippen LogP contribution in [0.4, 0.5) is 0 Å². The number of hydrogen-bond acceptors (Lipinski definition) is 6. The van der Waals surface area contributed by atoms with E-state index in [0.717, 1.165) is 12.1 Å². The molecule has 0 radical (unpaired) electrons. The van der Waals surface area contributed by atoms with Gasteiger partial charge in [-0.1, -0.05) is 0 Å². The number of rotatable bonds is 0. The van der Waals surface area contributed by atoms with E-state index < -0.39 is 17.2 Å². The van der Waals surface area contributed by atoms with Gasteiger partial charge in [0, 0.05) is 17.5 Å². The molecule has 0 aliphatic heterocycles. The molecule has 5 N–H and O–H groups in total. The summed E-state index contributed by atoms with van der Waals surface area (Å²) in [5.41, 5.74) is 0.0454. The van der Waals surface area contributed by atoms with Crippen molar-refractivity contribution in [3.8, 4) is 28.7 Å². The van der Waals surface area contributed by atoms with Gasteiger partial charge in [-0.3, -0.25) is 0 Å². The largest absolute Gasteiger partial charge is 0.508 e. The average molecular weight is 248 g/mol. The Bertz CT molecular complexity index is 786. The molecule has 6 nitrogen and oxygen atoms in total. The van der Waals surface area contributed by atoms with Crippen LogP contribution in [-0.4, -0.2) is 25.5 Å². The van der Waals surface area contributed by atoms with Crippen LogP contribution in [0, 0.1) is 0 Å². The van der Waals surface area contributed by atoms with E-state index >= 15 is 0 Å². The topological polar surface area (TPSA) is 114 Å². The van der Waals surface area contributed by atoms with Crippen LogP contribution in [0.1, 0.15) is 0 Å². The van der Waals surface area contributed by atoms with Crippen molar-refractivity contribution in [2.75, 3.05) is 0 Å². The van der Waals surface area contributed by atoms with Gasteiger partial charge in [-0.05, 0) is 6.07 Å². The number of furan rings is 1. The quantitative estimate of drug-likeness (QED) is 0.389. The van der Waals surface area contributed by atoms with Gasteiger partial charge < -0.3 is 29.9 Å². The van der Waals surface area contributed by atoms with Crippen LogP contribution in [0.5, 0.6) is 28.7 Å². The summed E-state index contributed by atoms with van der Waals surface area (Å²) < 4.78 is 5.24. The van der Waals surface area contributed by atoms with Crippen LogP contribution in [-0.2, 0) is 0 Å². The van der Waals surface area contributed by atoms with Crippen molar-refractivity contribution in [3.05, 3.63) is 18.2 Å². The number of phenolic OH excluding ortho intramolecular Hbond substituents is 5. The van der Waals surface area contributed by atoms with Crippen molar-refractivity contribution in [1.82, 2.24) is 0 Å². The van der Waals surface area contributed by atoms with E-state index in [1.807, 2.05) is 0 Å². The lowest BCUT2D eigenvalue weighted by Crippen LogP contribution is -1.74. The molecule has 2 aromatic carbocycles. The predicted octanol–water partition coefficient (Wildman–Crippen LogP) is 2.11. The number of benzene rings is 2. The lowest BCUT2D eigenvalue weighted by atomic mass is 10.1. The van der Waals surface area contributed by atoms with Gasteiger partial charge >= 0.3 is 0 Å². The lowest BCUT2D eigenvalue weighted by molar-refractivity contribution is 0.367. The third-order valence-electron chi connectivity index (χ3n) is 2.76. The Kier molecular flexibility index (Phi) is 1.81. The summed E-state index contributed by atoms with van der Waals surface area (Å²) in [6.45, 7) is 0. The fraction of sp³-hybridized carbons (Fsp3) is 0. The normalized spacial score (nSPS) is 11.3. The molecule has 0 saturated heterocycles. The summed E-state index contributed by atoms with van der Waals surface area (Å²) in [7, 11) is 0. The lowest BCUT2D eigenvalue weighted by Gasteiger charge is -2.00. The zero-order valence-electron chi connectivity index (χ0n) is 8.88. The number of fused-ring (bicyclic) bond motifs is 3.